The Kier molecular flexibility index (Phi) is 11.5. The van der Waals surface area contributed by atoms with Gasteiger partial charge in [-0.3, -0.25) is 18.6 Å². The van der Waals surface area contributed by atoms with Crippen LogP contribution >= 0.6 is 11.6 Å². The number of sulfonamides is 1. The smallest absolute Gasteiger partial charge is 0.275 e. The Morgan fingerprint density at radius 2 is 1.58 bits per heavy atom. The van der Waals surface area contributed by atoms with Gasteiger partial charge in [-0.25, -0.2) is 17.8 Å². The molecule has 0 aliphatic carbocycles. The van der Waals surface area contributed by atoms with Gasteiger partial charge in [-0.15, -0.1) is 0 Å². The van der Waals surface area contributed by atoms with Crippen molar-refractivity contribution >= 4 is 60.9 Å². The van der Waals surface area contributed by atoms with E-state index in [0.29, 0.717) is 34.6 Å². The Hall–Kier alpha value is -4.85. The number of benzene rings is 4. The van der Waals surface area contributed by atoms with Crippen molar-refractivity contribution in [1.82, 2.24) is 24.3 Å². The van der Waals surface area contributed by atoms with Gasteiger partial charge in [-0.2, -0.15) is 5.10 Å². The minimum Gasteiger partial charge on any atom is -0.337 e. The van der Waals surface area contributed by atoms with Crippen molar-refractivity contribution in [2.75, 3.05) is 19.0 Å². The fraction of sp³-hybridized carbons (Fsp3) is 0.282. The summed E-state index contributed by atoms with van der Waals surface area (Å²) in [5.74, 6) is -1.96. The van der Waals surface area contributed by atoms with Gasteiger partial charge in [-0.1, -0.05) is 86.8 Å². The Morgan fingerprint density at radius 1 is 0.906 bits per heavy atom. The second-order valence-corrected chi connectivity index (χ2v) is 16.4. The zero-order valence-electron chi connectivity index (χ0n) is 29.7. The van der Waals surface area contributed by atoms with Crippen LogP contribution in [0.1, 0.15) is 82.0 Å². The molecule has 1 aromatic heterocycles. The SMILES string of the molecule is CCCCN(CCCC)C(=O)c1nn(-c2ccc(C(=O)NS(=O)(=O)c3ccc4ccccc4c3)cc2C(=O)N2Cc3ccccc3S(=O)C2)c(C)c1Cl. The van der Waals surface area contributed by atoms with Crippen LogP contribution in [0, 0.1) is 6.92 Å². The first-order chi connectivity index (χ1) is 25.4. The molecule has 53 heavy (non-hydrogen) atoms. The Morgan fingerprint density at radius 3 is 2.30 bits per heavy atom. The van der Waals surface area contributed by atoms with Crippen LogP contribution in [-0.4, -0.2) is 68.9 Å². The van der Waals surface area contributed by atoms with Crippen molar-refractivity contribution in [3.05, 3.63) is 118 Å². The molecule has 11 nitrogen and oxygen atoms in total. The quantitative estimate of drug-likeness (QED) is 0.146. The fourth-order valence-corrected chi connectivity index (χ4v) is 8.74. The summed E-state index contributed by atoms with van der Waals surface area (Å²) in [7, 11) is -5.83. The average molecular weight is 774 g/mol. The van der Waals surface area contributed by atoms with Crippen LogP contribution in [0.2, 0.25) is 5.02 Å². The van der Waals surface area contributed by atoms with E-state index in [9.17, 15) is 27.0 Å². The van der Waals surface area contributed by atoms with Crippen LogP contribution in [0.4, 0.5) is 0 Å². The van der Waals surface area contributed by atoms with Crippen molar-refractivity contribution in [2.24, 2.45) is 0 Å². The lowest BCUT2D eigenvalue weighted by Gasteiger charge is -2.29. The van der Waals surface area contributed by atoms with Crippen LogP contribution in [0.25, 0.3) is 16.5 Å². The molecule has 1 aliphatic rings. The maximum absolute atomic E-state index is 14.4. The summed E-state index contributed by atoms with van der Waals surface area (Å²) in [5.41, 5.74) is 1.21. The van der Waals surface area contributed by atoms with E-state index in [1.807, 2.05) is 26.0 Å². The standard InChI is InChI=1S/C39H40ClN5O6S2/c1-4-6-20-43(21-7-5-2)39(48)36-35(40)26(3)45(41-36)33-19-17-29(23-32(33)38(47)44-24-30-14-10-11-15-34(30)52(49)25-44)37(46)42-53(50,51)31-18-16-27-12-8-9-13-28(27)22-31/h8-19,22-23H,4-7,20-21,24-25H2,1-3H3,(H,42,46). The highest BCUT2D eigenvalue weighted by molar-refractivity contribution is 7.90. The number of unbranched alkanes of at least 4 members (excludes halogenated alkanes) is 2. The van der Waals surface area contributed by atoms with E-state index >= 15 is 0 Å². The predicted octanol–water partition coefficient (Wildman–Crippen LogP) is 6.87. The van der Waals surface area contributed by atoms with Crippen molar-refractivity contribution in [2.45, 2.75) is 62.8 Å². The molecule has 276 valence electrons. The number of rotatable bonds is 12. The van der Waals surface area contributed by atoms with Gasteiger partial charge in [0.1, 0.15) is 5.88 Å². The lowest BCUT2D eigenvalue weighted by Crippen LogP contribution is -2.38. The third-order valence-corrected chi connectivity index (χ3v) is 12.4. The van der Waals surface area contributed by atoms with Gasteiger partial charge < -0.3 is 9.80 Å². The van der Waals surface area contributed by atoms with Gasteiger partial charge in [0.25, 0.3) is 27.7 Å². The van der Waals surface area contributed by atoms with Crippen LogP contribution in [0.15, 0.2) is 94.7 Å². The van der Waals surface area contributed by atoms with E-state index in [4.69, 9.17) is 11.6 Å². The van der Waals surface area contributed by atoms with Gasteiger partial charge in [0.05, 0.1) is 37.7 Å². The number of hydrogen-bond donors (Lipinski definition) is 1. The Labute approximate surface area is 316 Å². The predicted molar refractivity (Wildman–Crippen MR) is 205 cm³/mol. The molecule has 0 spiro atoms. The monoisotopic (exact) mass is 773 g/mol. The van der Waals surface area contributed by atoms with E-state index in [1.54, 1.807) is 54.3 Å². The number of hydrogen-bond acceptors (Lipinski definition) is 7. The van der Waals surface area contributed by atoms with Crippen LogP contribution < -0.4 is 4.72 Å². The molecule has 0 radical (unpaired) electrons. The molecule has 1 atom stereocenters. The molecule has 1 aliphatic heterocycles. The maximum atomic E-state index is 14.4. The third-order valence-electron chi connectivity index (χ3n) is 9.21. The highest BCUT2D eigenvalue weighted by Gasteiger charge is 2.31. The highest BCUT2D eigenvalue weighted by atomic mass is 35.5. The van der Waals surface area contributed by atoms with Crippen molar-refractivity contribution in [3.63, 3.8) is 0 Å². The van der Waals surface area contributed by atoms with E-state index in [2.05, 4.69) is 9.82 Å². The van der Waals surface area contributed by atoms with Gasteiger partial charge in [0.15, 0.2) is 5.69 Å². The molecular weight excluding hydrogens is 734 g/mol. The topological polar surface area (TPSA) is 139 Å². The minimum absolute atomic E-state index is 0.0211. The lowest BCUT2D eigenvalue weighted by molar-refractivity contribution is 0.0743. The largest absolute Gasteiger partial charge is 0.337 e. The van der Waals surface area contributed by atoms with Gasteiger partial charge in [-0.05, 0) is 72.5 Å². The second kappa shape index (κ2) is 16.0. The first-order valence-electron chi connectivity index (χ1n) is 17.4. The number of aromatic nitrogens is 2. The summed E-state index contributed by atoms with van der Waals surface area (Å²) in [6.45, 7) is 7.00. The zero-order valence-corrected chi connectivity index (χ0v) is 32.1. The first-order valence-corrected chi connectivity index (χ1v) is 20.6. The second-order valence-electron chi connectivity index (χ2n) is 12.9. The number of halogens is 1. The zero-order chi connectivity index (χ0) is 37.9. The molecule has 4 aromatic carbocycles. The van der Waals surface area contributed by atoms with E-state index in [-0.39, 0.29) is 50.8 Å². The highest BCUT2D eigenvalue weighted by Crippen LogP contribution is 2.30. The molecule has 1 N–H and O–H groups in total. The number of carbonyl (C=O) groups excluding carboxylic acids is 3. The maximum Gasteiger partial charge on any atom is 0.275 e. The van der Waals surface area contributed by atoms with Gasteiger partial charge >= 0.3 is 0 Å². The molecule has 1 unspecified atom stereocenters. The summed E-state index contributed by atoms with van der Waals surface area (Å²) in [6, 6.07) is 23.1. The molecule has 14 heteroatoms. The Balaban J connectivity index is 1.39. The molecule has 0 fully saturated rings. The molecular formula is C39H40ClN5O6S2. The average Bonchev–Trinajstić information content (AvgIpc) is 3.46. The third kappa shape index (κ3) is 7.92. The molecule has 0 saturated heterocycles. The van der Waals surface area contributed by atoms with E-state index in [0.717, 1.165) is 31.1 Å². The Bertz CT molecular complexity index is 2350. The molecule has 6 rings (SSSR count). The van der Waals surface area contributed by atoms with Crippen LogP contribution in [0.3, 0.4) is 0 Å². The summed E-state index contributed by atoms with van der Waals surface area (Å²) in [5, 5.41) is 6.27. The number of nitrogens with zero attached hydrogens (tertiary/aromatic N) is 4. The number of carbonyl (C=O) groups is 3. The molecule has 0 bridgehead atoms. The molecule has 2 heterocycles. The van der Waals surface area contributed by atoms with E-state index in [1.165, 1.54) is 39.9 Å². The molecule has 5 aromatic rings. The van der Waals surface area contributed by atoms with E-state index < -0.39 is 32.6 Å². The minimum atomic E-state index is -4.31. The first kappa shape index (κ1) is 37.9. The van der Waals surface area contributed by atoms with Crippen molar-refractivity contribution in [3.8, 4) is 5.69 Å². The summed E-state index contributed by atoms with van der Waals surface area (Å²) >= 11 is 6.78. The molecule has 0 saturated carbocycles. The lowest BCUT2D eigenvalue weighted by atomic mass is 10.1. The summed E-state index contributed by atoms with van der Waals surface area (Å²) in [6.07, 6.45) is 3.42. The molecule has 3 amide bonds. The number of fused-ring (bicyclic) bond motifs is 2. The van der Waals surface area contributed by atoms with Gasteiger partial charge in [0.2, 0.25) is 0 Å². The summed E-state index contributed by atoms with van der Waals surface area (Å²) < 4.78 is 43.6. The number of amides is 3. The van der Waals surface area contributed by atoms with Gasteiger partial charge in [0, 0.05) is 30.1 Å². The van der Waals surface area contributed by atoms with Crippen LogP contribution in [0.5, 0.6) is 0 Å². The summed E-state index contributed by atoms with van der Waals surface area (Å²) in [4.78, 5) is 45.5. The van der Waals surface area contributed by atoms with Crippen LogP contribution in [-0.2, 0) is 27.4 Å². The van der Waals surface area contributed by atoms with Crippen molar-refractivity contribution < 1.29 is 27.0 Å². The number of nitrogens with one attached hydrogen (secondary N) is 1. The fourth-order valence-electron chi connectivity index (χ4n) is 6.24. The van der Waals surface area contributed by atoms with Crippen molar-refractivity contribution in [1.29, 1.82) is 0 Å². The normalized spacial score (nSPS) is 14.2.